The lowest BCUT2D eigenvalue weighted by Gasteiger charge is -2.01. The number of anilines is 1. The third kappa shape index (κ3) is 1.03. The van der Waals surface area contributed by atoms with Crippen molar-refractivity contribution in [3.8, 4) is 0 Å². The highest BCUT2D eigenvalue weighted by Gasteiger charge is 2.07. The van der Waals surface area contributed by atoms with Crippen molar-refractivity contribution in [2.75, 3.05) is 5.43 Å². The number of nitrogens with two attached hydrogens (primary N) is 1. The van der Waals surface area contributed by atoms with Gasteiger partial charge in [-0.2, -0.15) is 8.75 Å². The molecule has 1 aromatic heterocycles. The molecule has 0 bridgehead atoms. The molecule has 0 unspecified atom stereocenters. The summed E-state index contributed by atoms with van der Waals surface area (Å²) in [5.74, 6) is 5.28. The number of nitrogens with one attached hydrogen (secondary N) is 1. The number of fused-ring (bicyclic) bond motifs is 1. The number of benzene rings is 1. The summed E-state index contributed by atoms with van der Waals surface area (Å²) in [5, 5.41) is 0.553. The smallest absolute Gasteiger partial charge is 0.130 e. The number of nitrogens with zero attached hydrogens (tertiary/aromatic N) is 2. The highest BCUT2D eigenvalue weighted by molar-refractivity contribution is 7.00. The Bertz CT molecular complexity index is 413. The van der Waals surface area contributed by atoms with Gasteiger partial charge in [0.05, 0.1) is 22.4 Å². The van der Waals surface area contributed by atoms with E-state index in [4.69, 9.17) is 17.4 Å². The highest BCUT2D eigenvalue weighted by atomic mass is 35.5. The normalized spacial score (nSPS) is 10.5. The van der Waals surface area contributed by atoms with Crippen LogP contribution >= 0.6 is 23.3 Å². The first-order valence-electron chi connectivity index (χ1n) is 3.20. The second-order valence-electron chi connectivity index (χ2n) is 2.20. The summed E-state index contributed by atoms with van der Waals surface area (Å²) in [7, 11) is 0. The Morgan fingerprint density at radius 2 is 2.25 bits per heavy atom. The van der Waals surface area contributed by atoms with Gasteiger partial charge in [0.2, 0.25) is 0 Å². The molecule has 62 valence electrons. The molecule has 0 saturated heterocycles. The van der Waals surface area contributed by atoms with Crippen molar-refractivity contribution in [2.45, 2.75) is 0 Å². The van der Waals surface area contributed by atoms with Crippen LogP contribution in [0, 0.1) is 0 Å². The third-order valence-electron chi connectivity index (χ3n) is 1.52. The van der Waals surface area contributed by atoms with Crippen LogP contribution in [-0.2, 0) is 0 Å². The quantitative estimate of drug-likeness (QED) is 0.543. The van der Waals surface area contributed by atoms with E-state index in [0.717, 1.165) is 22.8 Å². The molecule has 1 heterocycles. The molecule has 0 aliphatic carbocycles. The van der Waals surface area contributed by atoms with Gasteiger partial charge in [-0.3, -0.25) is 5.84 Å². The van der Waals surface area contributed by atoms with Crippen LogP contribution in [0.25, 0.3) is 11.0 Å². The zero-order valence-corrected chi connectivity index (χ0v) is 7.49. The Hall–Kier alpha value is -0.910. The Balaban J connectivity index is 2.83. The molecular formula is C6H5ClN4S. The summed E-state index contributed by atoms with van der Waals surface area (Å²) < 4.78 is 8.10. The van der Waals surface area contributed by atoms with E-state index in [0.29, 0.717) is 10.7 Å². The fraction of sp³-hybridized carbons (Fsp3) is 0. The maximum atomic E-state index is 5.85. The standard InChI is InChI=1S/C6H5ClN4S/c7-3-1-2-4-6(5(3)9-8)11-12-10-4/h1-2,9H,8H2. The molecule has 0 aliphatic heterocycles. The number of hydrazine groups is 1. The molecular weight excluding hydrogens is 196 g/mol. The van der Waals surface area contributed by atoms with Gasteiger partial charge >= 0.3 is 0 Å². The highest BCUT2D eigenvalue weighted by Crippen LogP contribution is 2.28. The molecule has 0 amide bonds. The lowest BCUT2D eigenvalue weighted by Crippen LogP contribution is -2.07. The predicted octanol–water partition coefficient (Wildman–Crippen LogP) is 1.63. The maximum Gasteiger partial charge on any atom is 0.130 e. The van der Waals surface area contributed by atoms with Crippen LogP contribution in [0.2, 0.25) is 5.02 Å². The fourth-order valence-electron chi connectivity index (χ4n) is 0.964. The second-order valence-corrected chi connectivity index (χ2v) is 3.13. The summed E-state index contributed by atoms with van der Waals surface area (Å²) in [4.78, 5) is 0. The molecule has 2 aromatic rings. The minimum absolute atomic E-state index is 0.553. The van der Waals surface area contributed by atoms with Gasteiger partial charge in [0.1, 0.15) is 11.0 Å². The van der Waals surface area contributed by atoms with Crippen LogP contribution < -0.4 is 11.3 Å². The predicted molar refractivity (Wildman–Crippen MR) is 50.2 cm³/mol. The molecule has 0 aliphatic rings. The second kappa shape index (κ2) is 2.85. The molecule has 0 radical (unpaired) electrons. The number of hydrogen-bond acceptors (Lipinski definition) is 5. The summed E-state index contributed by atoms with van der Waals surface area (Å²) in [6.07, 6.45) is 0. The van der Waals surface area contributed by atoms with Gasteiger partial charge < -0.3 is 5.43 Å². The molecule has 0 atom stereocenters. The number of rotatable bonds is 1. The van der Waals surface area contributed by atoms with Crippen LogP contribution in [0.1, 0.15) is 0 Å². The van der Waals surface area contributed by atoms with Gasteiger partial charge in [-0.25, -0.2) is 0 Å². The van der Waals surface area contributed by atoms with Crippen LogP contribution in [0.5, 0.6) is 0 Å². The summed E-state index contributed by atoms with van der Waals surface area (Å²) in [6, 6.07) is 3.54. The fourth-order valence-corrected chi connectivity index (χ4v) is 1.71. The zero-order valence-electron chi connectivity index (χ0n) is 5.91. The molecule has 3 N–H and O–H groups in total. The van der Waals surface area contributed by atoms with Crippen LogP contribution in [0.3, 0.4) is 0 Å². The van der Waals surface area contributed by atoms with Gasteiger partial charge in [-0.1, -0.05) is 11.6 Å². The molecule has 1 aromatic carbocycles. The van der Waals surface area contributed by atoms with Gasteiger partial charge in [-0.15, -0.1) is 0 Å². The van der Waals surface area contributed by atoms with Crippen LogP contribution in [-0.4, -0.2) is 8.75 Å². The molecule has 0 spiro atoms. The van der Waals surface area contributed by atoms with Gasteiger partial charge in [0.15, 0.2) is 0 Å². The van der Waals surface area contributed by atoms with Crippen molar-refractivity contribution in [1.29, 1.82) is 0 Å². The number of aromatic nitrogens is 2. The van der Waals surface area contributed by atoms with E-state index in [1.54, 1.807) is 6.07 Å². The first-order valence-corrected chi connectivity index (χ1v) is 4.31. The van der Waals surface area contributed by atoms with E-state index in [-0.39, 0.29) is 0 Å². The lowest BCUT2D eigenvalue weighted by molar-refractivity contribution is 1.36. The molecule has 0 saturated carbocycles. The lowest BCUT2D eigenvalue weighted by atomic mass is 10.3. The van der Waals surface area contributed by atoms with Crippen molar-refractivity contribution in [3.63, 3.8) is 0 Å². The van der Waals surface area contributed by atoms with E-state index in [1.165, 1.54) is 0 Å². The SMILES string of the molecule is NNc1c(Cl)ccc2nsnc12. The largest absolute Gasteiger partial charge is 0.321 e. The number of nitrogen functional groups attached to an aromatic ring is 1. The van der Waals surface area contributed by atoms with Crippen molar-refractivity contribution >= 4 is 40.0 Å². The molecule has 6 heteroatoms. The Kier molecular flexibility index (Phi) is 1.84. The van der Waals surface area contributed by atoms with Crippen molar-refractivity contribution in [1.82, 2.24) is 8.75 Å². The molecule has 12 heavy (non-hydrogen) atoms. The molecule has 0 fully saturated rings. The van der Waals surface area contributed by atoms with E-state index >= 15 is 0 Å². The number of halogens is 1. The zero-order chi connectivity index (χ0) is 8.55. The third-order valence-corrected chi connectivity index (χ3v) is 2.38. The van der Waals surface area contributed by atoms with Crippen LogP contribution in [0.4, 0.5) is 5.69 Å². The first kappa shape index (κ1) is 7.72. The van der Waals surface area contributed by atoms with Crippen molar-refractivity contribution < 1.29 is 0 Å². The van der Waals surface area contributed by atoms with E-state index in [9.17, 15) is 0 Å². The Labute approximate surface area is 77.6 Å². The summed E-state index contributed by atoms with van der Waals surface area (Å²) in [5.41, 5.74) is 4.64. The number of hydrogen-bond donors (Lipinski definition) is 2. The van der Waals surface area contributed by atoms with Crippen molar-refractivity contribution in [2.24, 2.45) is 5.84 Å². The van der Waals surface area contributed by atoms with Gasteiger partial charge in [-0.05, 0) is 12.1 Å². The Morgan fingerprint density at radius 1 is 1.42 bits per heavy atom. The minimum Gasteiger partial charge on any atom is -0.321 e. The average Bonchev–Trinajstić information content (AvgIpc) is 2.52. The van der Waals surface area contributed by atoms with Crippen LogP contribution in [0.15, 0.2) is 12.1 Å². The monoisotopic (exact) mass is 200 g/mol. The first-order chi connectivity index (χ1) is 5.83. The van der Waals surface area contributed by atoms with E-state index in [1.807, 2.05) is 6.07 Å². The molecule has 4 nitrogen and oxygen atoms in total. The maximum absolute atomic E-state index is 5.85. The summed E-state index contributed by atoms with van der Waals surface area (Å²) >= 11 is 6.99. The average molecular weight is 201 g/mol. The van der Waals surface area contributed by atoms with Gasteiger partial charge in [0, 0.05) is 0 Å². The Morgan fingerprint density at radius 3 is 3.00 bits per heavy atom. The van der Waals surface area contributed by atoms with E-state index in [2.05, 4.69) is 14.2 Å². The minimum atomic E-state index is 0.553. The van der Waals surface area contributed by atoms with Crippen molar-refractivity contribution in [3.05, 3.63) is 17.2 Å². The topological polar surface area (TPSA) is 63.8 Å². The summed E-state index contributed by atoms with van der Waals surface area (Å²) in [6.45, 7) is 0. The van der Waals surface area contributed by atoms with Gasteiger partial charge in [0.25, 0.3) is 0 Å². The van der Waals surface area contributed by atoms with E-state index < -0.39 is 0 Å². The molecule has 2 rings (SSSR count).